The van der Waals surface area contributed by atoms with Crippen molar-refractivity contribution in [1.82, 2.24) is 14.8 Å². The van der Waals surface area contributed by atoms with Gasteiger partial charge in [-0.3, -0.25) is 4.79 Å². The third kappa shape index (κ3) is 3.14. The molecule has 3 aromatic rings. The lowest BCUT2D eigenvalue weighted by Gasteiger charge is -2.27. The van der Waals surface area contributed by atoms with E-state index in [-0.39, 0.29) is 11.1 Å². The fourth-order valence-corrected chi connectivity index (χ4v) is 3.55. The van der Waals surface area contributed by atoms with Gasteiger partial charge in [-0.25, -0.2) is 9.07 Å². The van der Waals surface area contributed by atoms with Gasteiger partial charge in [0.1, 0.15) is 11.9 Å². The molecular weight excluding hydrogens is 389 g/mol. The second-order valence-corrected chi connectivity index (χ2v) is 6.73. The first-order chi connectivity index (χ1) is 14.4. The summed E-state index contributed by atoms with van der Waals surface area (Å²) >= 11 is 0. The van der Waals surface area contributed by atoms with Gasteiger partial charge in [0.2, 0.25) is 11.9 Å². The topological polar surface area (TPSA) is 104 Å². The van der Waals surface area contributed by atoms with Crippen LogP contribution >= 0.6 is 0 Å². The predicted octanol–water partition coefficient (Wildman–Crippen LogP) is 2.88. The summed E-state index contributed by atoms with van der Waals surface area (Å²) in [6.07, 6.45) is 0. The lowest BCUT2D eigenvalue weighted by atomic mass is 9.95. The Hall–Kier alpha value is -3.88. The number of carbonyl (C=O) groups is 1. The third-order valence-electron chi connectivity index (χ3n) is 4.96. The van der Waals surface area contributed by atoms with E-state index in [4.69, 9.17) is 15.2 Å². The number of methoxy groups -OCH3 is 2. The number of rotatable bonds is 5. The molecule has 8 nitrogen and oxygen atoms in total. The molecule has 0 saturated heterocycles. The average molecular weight is 409 g/mol. The molecule has 2 aromatic carbocycles. The number of fused-ring (bicyclic) bond motifs is 1. The maximum absolute atomic E-state index is 14.7. The number of nitrogens with one attached hydrogen (secondary N) is 1. The van der Waals surface area contributed by atoms with Crippen molar-refractivity contribution in [3.63, 3.8) is 0 Å². The monoisotopic (exact) mass is 409 g/mol. The first-order valence-electron chi connectivity index (χ1n) is 9.15. The minimum atomic E-state index is -0.846. The molecule has 0 unspecified atom stereocenters. The zero-order chi connectivity index (χ0) is 21.4. The van der Waals surface area contributed by atoms with Gasteiger partial charge < -0.3 is 20.5 Å². The number of nitrogens with two attached hydrogens (primary N) is 1. The van der Waals surface area contributed by atoms with Gasteiger partial charge in [-0.1, -0.05) is 18.2 Å². The standard InChI is InChI=1S/C21H20FN5O3/c1-11-17(19(23)28)18(13-6-4-5-7-14(13)22)27-21(24-11)25-20(26-27)12-8-9-15(29-2)16(10-12)30-3/h4-10,18H,1-3H3,(H2,23,28)(H,24,25,26)/t18-/m0/s1. The molecule has 2 heterocycles. The summed E-state index contributed by atoms with van der Waals surface area (Å²) in [6, 6.07) is 10.6. The number of ether oxygens (including phenoxy) is 2. The van der Waals surface area contributed by atoms with E-state index in [9.17, 15) is 9.18 Å². The number of primary amides is 1. The van der Waals surface area contributed by atoms with Gasteiger partial charge in [-0.15, -0.1) is 5.10 Å². The van der Waals surface area contributed by atoms with E-state index in [1.807, 2.05) is 0 Å². The van der Waals surface area contributed by atoms with Crippen LogP contribution in [0.3, 0.4) is 0 Å². The van der Waals surface area contributed by atoms with Crippen molar-refractivity contribution in [2.75, 3.05) is 19.5 Å². The summed E-state index contributed by atoms with van der Waals surface area (Å²) in [5.41, 5.74) is 7.29. The quantitative estimate of drug-likeness (QED) is 0.672. The van der Waals surface area contributed by atoms with Crippen LogP contribution in [0.25, 0.3) is 11.4 Å². The molecule has 0 radical (unpaired) electrons. The molecule has 30 heavy (non-hydrogen) atoms. The number of anilines is 1. The van der Waals surface area contributed by atoms with E-state index in [2.05, 4.69) is 15.4 Å². The maximum Gasteiger partial charge on any atom is 0.248 e. The smallest absolute Gasteiger partial charge is 0.248 e. The van der Waals surface area contributed by atoms with Crippen molar-refractivity contribution >= 4 is 11.9 Å². The average Bonchev–Trinajstić information content (AvgIpc) is 3.16. The summed E-state index contributed by atoms with van der Waals surface area (Å²) in [5.74, 6) is 0.704. The number of carbonyl (C=O) groups excluding carboxylic acids is 1. The Kier molecular flexibility index (Phi) is 4.86. The van der Waals surface area contributed by atoms with Crippen molar-refractivity contribution in [3.05, 3.63) is 65.1 Å². The van der Waals surface area contributed by atoms with Crippen LogP contribution in [0.5, 0.6) is 11.5 Å². The highest BCUT2D eigenvalue weighted by Crippen LogP contribution is 2.38. The van der Waals surface area contributed by atoms with Crippen molar-refractivity contribution < 1.29 is 18.7 Å². The van der Waals surface area contributed by atoms with E-state index in [1.165, 1.54) is 17.9 Å². The normalized spacial score (nSPS) is 15.4. The van der Waals surface area contributed by atoms with E-state index in [0.717, 1.165) is 0 Å². The molecule has 0 saturated carbocycles. The molecule has 0 fully saturated rings. The molecule has 0 spiro atoms. The van der Waals surface area contributed by atoms with E-state index in [0.29, 0.717) is 34.5 Å². The summed E-state index contributed by atoms with van der Waals surface area (Å²) in [5, 5.41) is 7.60. The van der Waals surface area contributed by atoms with Crippen molar-refractivity contribution in [2.45, 2.75) is 13.0 Å². The fourth-order valence-electron chi connectivity index (χ4n) is 3.55. The second kappa shape index (κ2) is 7.51. The van der Waals surface area contributed by atoms with Crippen LogP contribution in [0.1, 0.15) is 18.5 Å². The number of hydrogen-bond donors (Lipinski definition) is 2. The van der Waals surface area contributed by atoms with Crippen molar-refractivity contribution in [2.24, 2.45) is 5.73 Å². The van der Waals surface area contributed by atoms with E-state index >= 15 is 0 Å². The highest BCUT2D eigenvalue weighted by molar-refractivity contribution is 5.95. The minimum absolute atomic E-state index is 0.219. The van der Waals surface area contributed by atoms with Gasteiger partial charge in [0, 0.05) is 16.8 Å². The summed E-state index contributed by atoms with van der Waals surface area (Å²) in [6.45, 7) is 1.70. The van der Waals surface area contributed by atoms with Gasteiger partial charge in [0.05, 0.1) is 19.8 Å². The van der Waals surface area contributed by atoms with Crippen LogP contribution in [0, 0.1) is 5.82 Å². The zero-order valence-electron chi connectivity index (χ0n) is 16.6. The molecule has 1 aromatic heterocycles. The van der Waals surface area contributed by atoms with Crippen molar-refractivity contribution in [1.29, 1.82) is 0 Å². The number of nitrogens with zero attached hydrogens (tertiary/aromatic N) is 3. The van der Waals surface area contributed by atoms with E-state index in [1.54, 1.807) is 50.4 Å². The number of amides is 1. The molecule has 1 atom stereocenters. The number of hydrogen-bond acceptors (Lipinski definition) is 6. The molecule has 1 amide bonds. The molecule has 4 rings (SSSR count). The first-order valence-corrected chi connectivity index (χ1v) is 9.15. The van der Waals surface area contributed by atoms with Gasteiger partial charge in [0.15, 0.2) is 17.3 Å². The van der Waals surface area contributed by atoms with Crippen LogP contribution in [0.15, 0.2) is 53.7 Å². The Bertz CT molecular complexity index is 1170. The molecule has 0 aliphatic carbocycles. The SMILES string of the molecule is COc1ccc(-c2nc3n(n2)[C@@H](c2ccccc2F)C(C(N)=O)=C(C)N3)cc1OC. The third-order valence-corrected chi connectivity index (χ3v) is 4.96. The molecule has 0 bridgehead atoms. The molecule has 9 heteroatoms. The van der Waals surface area contributed by atoms with Crippen LogP contribution in [-0.2, 0) is 4.79 Å². The molecular formula is C21H20FN5O3. The number of halogens is 1. The fraction of sp³-hybridized carbons (Fsp3) is 0.190. The number of allylic oxidation sites excluding steroid dienone is 1. The summed E-state index contributed by atoms with van der Waals surface area (Å²) in [7, 11) is 3.09. The van der Waals surface area contributed by atoms with Crippen LogP contribution in [0.4, 0.5) is 10.3 Å². The maximum atomic E-state index is 14.7. The Labute approximate surface area is 172 Å². The summed E-state index contributed by atoms with van der Waals surface area (Å²) < 4.78 is 26.7. The van der Waals surface area contributed by atoms with Gasteiger partial charge in [-0.2, -0.15) is 4.98 Å². The Morgan fingerprint density at radius 1 is 1.17 bits per heavy atom. The van der Waals surface area contributed by atoms with Gasteiger partial charge in [-0.05, 0) is 31.2 Å². The Balaban J connectivity index is 1.87. The number of aromatic nitrogens is 3. The molecule has 3 N–H and O–H groups in total. The van der Waals surface area contributed by atoms with Crippen LogP contribution < -0.4 is 20.5 Å². The van der Waals surface area contributed by atoms with E-state index < -0.39 is 17.8 Å². The molecule has 154 valence electrons. The molecule has 1 aliphatic heterocycles. The zero-order valence-corrected chi connectivity index (χ0v) is 16.6. The first kappa shape index (κ1) is 19.4. The predicted molar refractivity (Wildman–Crippen MR) is 109 cm³/mol. The van der Waals surface area contributed by atoms with Crippen LogP contribution in [-0.4, -0.2) is 34.9 Å². The number of benzene rings is 2. The summed E-state index contributed by atoms with van der Waals surface area (Å²) in [4.78, 5) is 16.7. The Morgan fingerprint density at radius 3 is 2.57 bits per heavy atom. The minimum Gasteiger partial charge on any atom is -0.493 e. The van der Waals surface area contributed by atoms with Gasteiger partial charge >= 0.3 is 0 Å². The Morgan fingerprint density at radius 2 is 1.90 bits per heavy atom. The highest BCUT2D eigenvalue weighted by Gasteiger charge is 2.34. The lowest BCUT2D eigenvalue weighted by Crippen LogP contribution is -2.32. The van der Waals surface area contributed by atoms with Gasteiger partial charge in [0.25, 0.3) is 0 Å². The lowest BCUT2D eigenvalue weighted by molar-refractivity contribution is -0.115. The largest absolute Gasteiger partial charge is 0.493 e. The van der Waals surface area contributed by atoms with Crippen molar-refractivity contribution in [3.8, 4) is 22.9 Å². The highest BCUT2D eigenvalue weighted by atomic mass is 19.1. The second-order valence-electron chi connectivity index (χ2n) is 6.73. The van der Waals surface area contributed by atoms with Crippen LogP contribution in [0.2, 0.25) is 0 Å². The molecule has 1 aliphatic rings.